The molecule has 0 unspecified atom stereocenters. The second-order valence-corrected chi connectivity index (χ2v) is 10.8. The van der Waals surface area contributed by atoms with Gasteiger partial charge in [-0.1, -0.05) is 0 Å². The highest BCUT2D eigenvalue weighted by Crippen LogP contribution is 2.19. The van der Waals surface area contributed by atoms with Gasteiger partial charge < -0.3 is 20.2 Å². The van der Waals surface area contributed by atoms with Gasteiger partial charge in [0.1, 0.15) is 11.6 Å². The van der Waals surface area contributed by atoms with E-state index < -0.39 is 0 Å². The number of rotatable bonds is 15. The molecule has 0 saturated heterocycles. The minimum absolute atomic E-state index is 0.0162. The first-order valence-electron chi connectivity index (χ1n) is 12.7. The highest BCUT2D eigenvalue weighted by atomic mass is 32.1. The van der Waals surface area contributed by atoms with Crippen LogP contribution in [0.1, 0.15) is 61.9 Å². The molecule has 36 heavy (non-hydrogen) atoms. The normalized spacial score (nSPS) is 11.5. The molecule has 9 nitrogen and oxygen atoms in total. The van der Waals surface area contributed by atoms with Crippen LogP contribution in [0.5, 0.6) is 0 Å². The lowest BCUT2D eigenvalue weighted by atomic mass is 10.2. The van der Waals surface area contributed by atoms with Gasteiger partial charge in [0.25, 0.3) is 0 Å². The van der Waals surface area contributed by atoms with Crippen LogP contribution < -0.4 is 5.32 Å². The number of nitrogens with one attached hydrogen (secondary N) is 3. The number of carbonyl (C=O) groups excluding carboxylic acids is 2. The van der Waals surface area contributed by atoms with Crippen LogP contribution in [-0.2, 0) is 35.5 Å². The number of H-pyrrole nitrogens is 2. The second kappa shape index (κ2) is 13.9. The molecular formula is C26H39N7O2S. The van der Waals surface area contributed by atoms with Crippen molar-refractivity contribution < 1.29 is 9.59 Å². The predicted molar refractivity (Wildman–Crippen MR) is 142 cm³/mol. The average molecular weight is 514 g/mol. The van der Waals surface area contributed by atoms with E-state index in [0.29, 0.717) is 38.1 Å². The van der Waals surface area contributed by atoms with Gasteiger partial charge >= 0.3 is 0 Å². The molecule has 0 aliphatic heterocycles. The zero-order valence-corrected chi connectivity index (χ0v) is 22.6. The molecule has 3 rings (SSSR count). The Morgan fingerprint density at radius 1 is 0.917 bits per heavy atom. The van der Waals surface area contributed by atoms with Crippen molar-refractivity contribution >= 4 is 23.2 Å². The summed E-state index contributed by atoms with van der Waals surface area (Å²) in [6, 6.07) is 4.94. The molecule has 0 radical (unpaired) electrons. The Kier molecular flexibility index (Phi) is 10.7. The molecule has 3 heterocycles. The monoisotopic (exact) mass is 513 g/mol. The Labute approximate surface area is 217 Å². The van der Waals surface area contributed by atoms with Crippen molar-refractivity contribution in [3.05, 3.63) is 58.3 Å². The molecule has 10 heteroatoms. The van der Waals surface area contributed by atoms with Crippen LogP contribution in [0.3, 0.4) is 0 Å². The Morgan fingerprint density at radius 3 is 2.03 bits per heavy atom. The number of imidazole rings is 2. The molecular weight excluding hydrogens is 474 g/mol. The summed E-state index contributed by atoms with van der Waals surface area (Å²) in [5, 5.41) is 3.03. The van der Waals surface area contributed by atoms with Crippen LogP contribution in [0.15, 0.2) is 36.9 Å². The van der Waals surface area contributed by atoms with E-state index in [2.05, 4.69) is 57.8 Å². The van der Waals surface area contributed by atoms with Crippen LogP contribution in [-0.4, -0.2) is 66.7 Å². The summed E-state index contributed by atoms with van der Waals surface area (Å²) in [6.45, 7) is 11.4. The maximum atomic E-state index is 13.1. The average Bonchev–Trinajstić information content (AvgIpc) is 3.59. The Hall–Kier alpha value is -2.98. The zero-order chi connectivity index (χ0) is 25.9. The molecule has 3 N–H and O–H groups in total. The van der Waals surface area contributed by atoms with E-state index in [4.69, 9.17) is 0 Å². The van der Waals surface area contributed by atoms with Crippen molar-refractivity contribution in [1.82, 2.24) is 35.1 Å². The number of hydrogen-bond acceptors (Lipinski definition) is 6. The highest BCUT2D eigenvalue weighted by molar-refractivity contribution is 7.12. The van der Waals surface area contributed by atoms with Crippen molar-refractivity contribution in [2.45, 2.75) is 78.6 Å². The van der Waals surface area contributed by atoms with E-state index in [1.807, 2.05) is 12.1 Å². The maximum absolute atomic E-state index is 13.1. The van der Waals surface area contributed by atoms with Crippen molar-refractivity contribution in [2.24, 2.45) is 0 Å². The van der Waals surface area contributed by atoms with E-state index in [0.717, 1.165) is 40.8 Å². The summed E-state index contributed by atoms with van der Waals surface area (Å²) in [5.74, 6) is 1.45. The summed E-state index contributed by atoms with van der Waals surface area (Å²) in [7, 11) is 0. The largest absolute Gasteiger partial charge is 0.356 e. The molecule has 0 saturated carbocycles. The number of aromatic nitrogens is 4. The van der Waals surface area contributed by atoms with Gasteiger partial charge in [0.05, 0.1) is 25.9 Å². The summed E-state index contributed by atoms with van der Waals surface area (Å²) < 4.78 is 0. The lowest BCUT2D eigenvalue weighted by molar-refractivity contribution is -0.132. The molecule has 0 bridgehead atoms. The van der Waals surface area contributed by atoms with Gasteiger partial charge in [-0.2, -0.15) is 0 Å². The van der Waals surface area contributed by atoms with Gasteiger partial charge in [-0.05, 0) is 59.2 Å². The number of thiophene rings is 1. The van der Waals surface area contributed by atoms with Gasteiger partial charge in [-0.25, -0.2) is 9.97 Å². The SMILES string of the molecule is CC(C)N(CCCCNC(=O)Cc1ccc(CC(=O)N(Cc2ncc[nH]2)Cc2ncc[nH]2)s1)C(C)C. The van der Waals surface area contributed by atoms with Crippen molar-refractivity contribution in [2.75, 3.05) is 13.1 Å². The maximum Gasteiger partial charge on any atom is 0.228 e. The number of hydrogen-bond donors (Lipinski definition) is 3. The van der Waals surface area contributed by atoms with Gasteiger partial charge in [0.2, 0.25) is 11.8 Å². The van der Waals surface area contributed by atoms with Crippen LogP contribution >= 0.6 is 11.3 Å². The van der Waals surface area contributed by atoms with Gasteiger partial charge in [-0.15, -0.1) is 11.3 Å². The fourth-order valence-corrected chi connectivity index (χ4v) is 5.22. The highest BCUT2D eigenvalue weighted by Gasteiger charge is 2.19. The van der Waals surface area contributed by atoms with Crippen molar-refractivity contribution in [3.63, 3.8) is 0 Å². The third-order valence-electron chi connectivity index (χ3n) is 6.01. The molecule has 3 aromatic heterocycles. The first-order chi connectivity index (χ1) is 17.3. The Balaban J connectivity index is 1.44. The quantitative estimate of drug-likeness (QED) is 0.269. The lowest BCUT2D eigenvalue weighted by Crippen LogP contribution is -2.38. The smallest absolute Gasteiger partial charge is 0.228 e. The van der Waals surface area contributed by atoms with Gasteiger partial charge in [-0.3, -0.25) is 14.5 Å². The van der Waals surface area contributed by atoms with Crippen LogP contribution in [0, 0.1) is 0 Å². The minimum atomic E-state index is -0.0162. The third kappa shape index (κ3) is 8.91. The topological polar surface area (TPSA) is 110 Å². The summed E-state index contributed by atoms with van der Waals surface area (Å²) >= 11 is 1.52. The lowest BCUT2D eigenvalue weighted by Gasteiger charge is -2.30. The fraction of sp³-hybridized carbons (Fsp3) is 0.538. The van der Waals surface area contributed by atoms with Crippen molar-refractivity contribution in [1.29, 1.82) is 0 Å². The van der Waals surface area contributed by atoms with Gasteiger partial charge in [0, 0.05) is 53.2 Å². The molecule has 0 aliphatic rings. The zero-order valence-electron chi connectivity index (χ0n) is 21.8. The molecule has 3 aromatic rings. The number of nitrogens with zero attached hydrogens (tertiary/aromatic N) is 4. The number of unbranched alkanes of at least 4 members (excludes halogenated alkanes) is 1. The Morgan fingerprint density at radius 2 is 1.50 bits per heavy atom. The molecule has 0 aliphatic carbocycles. The summed E-state index contributed by atoms with van der Waals surface area (Å²) in [4.78, 5) is 46.2. The van der Waals surface area contributed by atoms with E-state index in [1.165, 1.54) is 11.3 Å². The number of carbonyl (C=O) groups is 2. The summed E-state index contributed by atoms with van der Waals surface area (Å²) in [5.41, 5.74) is 0. The number of aromatic amines is 2. The predicted octanol–water partition coefficient (Wildman–Crippen LogP) is 3.52. The van der Waals surface area contributed by atoms with E-state index >= 15 is 0 Å². The second-order valence-electron chi connectivity index (χ2n) is 9.53. The molecule has 196 valence electrons. The Bertz CT molecular complexity index is 1000. The van der Waals surface area contributed by atoms with Crippen LogP contribution in [0.4, 0.5) is 0 Å². The molecule has 0 aromatic carbocycles. The molecule has 0 spiro atoms. The minimum Gasteiger partial charge on any atom is -0.356 e. The van der Waals surface area contributed by atoms with Crippen LogP contribution in [0.25, 0.3) is 0 Å². The van der Waals surface area contributed by atoms with Gasteiger partial charge in [0.15, 0.2) is 0 Å². The third-order valence-corrected chi connectivity index (χ3v) is 7.10. The van der Waals surface area contributed by atoms with E-state index in [9.17, 15) is 9.59 Å². The van der Waals surface area contributed by atoms with E-state index in [-0.39, 0.29) is 18.2 Å². The summed E-state index contributed by atoms with van der Waals surface area (Å²) in [6.07, 6.45) is 9.48. The molecule has 0 fully saturated rings. The molecule has 2 amide bonds. The van der Waals surface area contributed by atoms with E-state index in [1.54, 1.807) is 29.7 Å². The molecule has 0 atom stereocenters. The number of amides is 2. The first-order valence-corrected chi connectivity index (χ1v) is 13.5. The first kappa shape index (κ1) is 27.6. The van der Waals surface area contributed by atoms with Crippen LogP contribution in [0.2, 0.25) is 0 Å². The standard InChI is InChI=1S/C26H39N7O2S/c1-19(2)33(20(3)4)14-6-5-9-31-25(34)15-21-7-8-22(36-21)16-26(35)32(17-23-27-10-11-28-23)18-24-29-12-13-30-24/h7-8,10-13,19-20H,5-6,9,14-18H2,1-4H3,(H,27,28)(H,29,30)(H,31,34). The fourth-order valence-electron chi connectivity index (χ4n) is 4.22. The van der Waals surface area contributed by atoms with Crippen molar-refractivity contribution in [3.8, 4) is 0 Å².